The average Bonchev–Trinajstić information content (AvgIpc) is 2.95. The molecule has 1 aromatic carbocycles. The molecule has 1 N–H and O–H groups in total. The lowest BCUT2D eigenvalue weighted by Crippen LogP contribution is -2.49. The first kappa shape index (κ1) is 20.4. The van der Waals surface area contributed by atoms with Crippen molar-refractivity contribution < 1.29 is 14.6 Å². The Labute approximate surface area is 177 Å². The molecule has 0 aromatic heterocycles. The van der Waals surface area contributed by atoms with Crippen LogP contribution in [0.2, 0.25) is 0 Å². The fraction of sp³-hybridized carbons (Fsp3) is 0.417. The minimum absolute atomic E-state index is 0.233. The molecule has 2 heterocycles. The molecule has 0 bridgehead atoms. The summed E-state index contributed by atoms with van der Waals surface area (Å²) >= 11 is 0. The van der Waals surface area contributed by atoms with Crippen LogP contribution in [0.15, 0.2) is 59.0 Å². The number of allylic oxidation sites excluding steroid dienone is 4. The van der Waals surface area contributed by atoms with Crippen LogP contribution in [0.3, 0.4) is 0 Å². The fourth-order valence-electron chi connectivity index (χ4n) is 4.07. The summed E-state index contributed by atoms with van der Waals surface area (Å²) in [5, 5.41) is 8.87. The van der Waals surface area contributed by atoms with Gasteiger partial charge in [0.2, 0.25) is 0 Å². The molecule has 3 aliphatic rings. The topological polar surface area (TPSA) is 65.4 Å². The maximum atomic E-state index is 10.8. The molecular weight excluding hydrogens is 378 g/mol. The molecule has 6 nitrogen and oxygen atoms in total. The largest absolute Gasteiger partial charge is 0.491 e. The monoisotopic (exact) mass is 407 g/mol. The van der Waals surface area contributed by atoms with Gasteiger partial charge in [0.1, 0.15) is 23.9 Å². The number of benzene rings is 1. The predicted octanol–water partition coefficient (Wildman–Crippen LogP) is 3.48. The highest BCUT2D eigenvalue weighted by molar-refractivity contribution is 6.01. The second-order valence-corrected chi connectivity index (χ2v) is 8.01. The first-order valence-corrected chi connectivity index (χ1v) is 10.7. The van der Waals surface area contributed by atoms with E-state index in [0.29, 0.717) is 13.0 Å². The zero-order valence-corrected chi connectivity index (χ0v) is 17.5. The lowest BCUT2D eigenvalue weighted by molar-refractivity contribution is -0.137. The highest BCUT2D eigenvalue weighted by Gasteiger charge is 2.25. The number of aliphatic imine (C=N–C) groups is 1. The van der Waals surface area contributed by atoms with E-state index in [0.717, 1.165) is 67.6 Å². The summed E-state index contributed by atoms with van der Waals surface area (Å²) in [6.07, 6.45) is 9.87. The third-order valence-corrected chi connectivity index (χ3v) is 5.76. The van der Waals surface area contributed by atoms with E-state index in [-0.39, 0.29) is 6.42 Å². The van der Waals surface area contributed by atoms with Crippen LogP contribution in [0.1, 0.15) is 36.0 Å². The van der Waals surface area contributed by atoms with E-state index in [1.165, 1.54) is 5.56 Å². The standard InChI is InChI=1S/C24H29N3O3/c1-18-9-10-19-17-30-22-7-4-2-3-6-21(22)25-24(20(19)16-18)27-14-12-26(13-15-27)11-5-8-23(28)29/h2-4,6,9-10,16H,5,7-8,11-15,17H2,1H3,(H,28,29). The van der Waals surface area contributed by atoms with Crippen molar-refractivity contribution in [2.24, 2.45) is 4.99 Å². The average molecular weight is 408 g/mol. The Kier molecular flexibility index (Phi) is 6.33. The van der Waals surface area contributed by atoms with Gasteiger partial charge in [0.15, 0.2) is 0 Å². The second kappa shape index (κ2) is 9.30. The first-order chi connectivity index (χ1) is 14.6. The Hall–Kier alpha value is -2.86. The van der Waals surface area contributed by atoms with Crippen LogP contribution in [-0.4, -0.2) is 59.4 Å². The van der Waals surface area contributed by atoms with Crippen molar-refractivity contribution in [2.75, 3.05) is 32.7 Å². The van der Waals surface area contributed by atoms with E-state index in [4.69, 9.17) is 14.8 Å². The summed E-state index contributed by atoms with van der Waals surface area (Å²) in [7, 11) is 0. The molecule has 0 saturated carbocycles. The summed E-state index contributed by atoms with van der Waals surface area (Å²) < 4.78 is 6.14. The van der Waals surface area contributed by atoms with E-state index in [9.17, 15) is 4.79 Å². The number of nitrogens with zero attached hydrogens (tertiary/aromatic N) is 3. The van der Waals surface area contributed by atoms with Crippen molar-refractivity contribution in [3.8, 4) is 0 Å². The van der Waals surface area contributed by atoms with Crippen molar-refractivity contribution >= 4 is 11.8 Å². The summed E-state index contributed by atoms with van der Waals surface area (Å²) in [5.41, 5.74) is 4.41. The zero-order chi connectivity index (χ0) is 20.9. The van der Waals surface area contributed by atoms with Crippen molar-refractivity contribution in [3.63, 3.8) is 0 Å². The molecule has 158 valence electrons. The van der Waals surface area contributed by atoms with Gasteiger partial charge in [-0.25, -0.2) is 4.99 Å². The van der Waals surface area contributed by atoms with Gasteiger partial charge in [0, 0.05) is 50.1 Å². The highest BCUT2D eigenvalue weighted by Crippen LogP contribution is 2.27. The number of aryl methyl sites for hydroxylation is 1. The molecule has 0 amide bonds. The lowest BCUT2D eigenvalue weighted by Gasteiger charge is -2.37. The molecule has 1 aliphatic carbocycles. The third-order valence-electron chi connectivity index (χ3n) is 5.76. The molecule has 4 rings (SSSR count). The zero-order valence-electron chi connectivity index (χ0n) is 17.5. The first-order valence-electron chi connectivity index (χ1n) is 10.7. The minimum Gasteiger partial charge on any atom is -0.491 e. The van der Waals surface area contributed by atoms with Gasteiger partial charge in [0.05, 0.1) is 0 Å². The molecule has 0 spiro atoms. The number of carboxylic acids is 1. The Bertz CT molecular complexity index is 922. The van der Waals surface area contributed by atoms with Gasteiger partial charge in [-0.1, -0.05) is 35.9 Å². The Morgan fingerprint density at radius 2 is 2.03 bits per heavy atom. The van der Waals surface area contributed by atoms with Gasteiger partial charge in [-0.3, -0.25) is 9.69 Å². The van der Waals surface area contributed by atoms with Crippen LogP contribution in [0.5, 0.6) is 0 Å². The van der Waals surface area contributed by atoms with Gasteiger partial charge in [0.25, 0.3) is 0 Å². The molecule has 1 saturated heterocycles. The smallest absolute Gasteiger partial charge is 0.303 e. The molecule has 0 radical (unpaired) electrons. The van der Waals surface area contributed by atoms with Gasteiger partial charge >= 0.3 is 5.97 Å². The number of amidine groups is 1. The molecular formula is C24H29N3O3. The summed E-state index contributed by atoms with van der Waals surface area (Å²) in [6.45, 7) is 7.08. The number of fused-ring (bicyclic) bond motifs is 1. The van der Waals surface area contributed by atoms with Crippen LogP contribution in [-0.2, 0) is 16.1 Å². The van der Waals surface area contributed by atoms with Crippen LogP contribution in [0, 0.1) is 6.92 Å². The maximum Gasteiger partial charge on any atom is 0.303 e. The van der Waals surface area contributed by atoms with E-state index < -0.39 is 5.97 Å². The van der Waals surface area contributed by atoms with Crippen molar-refractivity contribution in [2.45, 2.75) is 32.8 Å². The molecule has 0 atom stereocenters. The molecule has 2 aliphatic heterocycles. The number of piperazine rings is 1. The summed E-state index contributed by atoms with van der Waals surface area (Å²) in [5.74, 6) is 1.21. The van der Waals surface area contributed by atoms with E-state index in [1.807, 2.05) is 18.2 Å². The van der Waals surface area contributed by atoms with E-state index in [2.05, 4.69) is 41.0 Å². The van der Waals surface area contributed by atoms with Crippen molar-refractivity contribution in [3.05, 3.63) is 70.6 Å². The fourth-order valence-corrected chi connectivity index (χ4v) is 4.07. The van der Waals surface area contributed by atoms with Gasteiger partial charge in [-0.15, -0.1) is 0 Å². The van der Waals surface area contributed by atoms with Gasteiger partial charge in [-0.05, 0) is 32.0 Å². The molecule has 30 heavy (non-hydrogen) atoms. The van der Waals surface area contributed by atoms with E-state index >= 15 is 0 Å². The number of hydrogen-bond donors (Lipinski definition) is 1. The van der Waals surface area contributed by atoms with Crippen molar-refractivity contribution in [1.82, 2.24) is 9.80 Å². The molecule has 1 fully saturated rings. The Morgan fingerprint density at radius 1 is 1.20 bits per heavy atom. The number of hydrogen-bond acceptors (Lipinski definition) is 5. The minimum atomic E-state index is -0.721. The normalized spacial score (nSPS) is 19.2. The third kappa shape index (κ3) is 4.82. The second-order valence-electron chi connectivity index (χ2n) is 8.01. The van der Waals surface area contributed by atoms with Crippen molar-refractivity contribution in [1.29, 1.82) is 0 Å². The molecule has 0 unspecified atom stereocenters. The molecule has 6 heteroatoms. The van der Waals surface area contributed by atoms with E-state index in [1.54, 1.807) is 0 Å². The maximum absolute atomic E-state index is 10.8. The number of ether oxygens (including phenoxy) is 1. The van der Waals surface area contributed by atoms with Crippen LogP contribution in [0.4, 0.5) is 0 Å². The number of aliphatic carboxylic acids is 1. The van der Waals surface area contributed by atoms with Crippen LogP contribution < -0.4 is 0 Å². The highest BCUT2D eigenvalue weighted by atomic mass is 16.5. The quantitative estimate of drug-likeness (QED) is 0.828. The Balaban J connectivity index is 1.58. The number of carbonyl (C=O) groups is 1. The summed E-state index contributed by atoms with van der Waals surface area (Å²) in [4.78, 5) is 20.6. The number of carboxylic acid groups (broad SMARTS) is 1. The lowest BCUT2D eigenvalue weighted by atomic mass is 10.0. The predicted molar refractivity (Wildman–Crippen MR) is 117 cm³/mol. The van der Waals surface area contributed by atoms with Gasteiger partial charge < -0.3 is 14.7 Å². The number of rotatable bonds is 4. The summed E-state index contributed by atoms with van der Waals surface area (Å²) in [6, 6.07) is 6.49. The SMILES string of the molecule is Cc1ccc2c(c1)C(N1CCN(CCCC(=O)O)CC1)=NC1=C(CC=CC=C1)OC2. The van der Waals surface area contributed by atoms with Gasteiger partial charge in [-0.2, -0.15) is 0 Å². The van der Waals surface area contributed by atoms with Crippen LogP contribution >= 0.6 is 0 Å². The molecule has 1 aromatic rings. The van der Waals surface area contributed by atoms with Crippen LogP contribution in [0.25, 0.3) is 0 Å². The Morgan fingerprint density at radius 3 is 2.83 bits per heavy atom.